The topological polar surface area (TPSA) is 68.2 Å². The number of carbonyl (C=O) groups excluding carboxylic acids is 1. The second-order valence-electron chi connectivity index (χ2n) is 7.73. The van der Waals surface area contributed by atoms with Gasteiger partial charge >= 0.3 is 0 Å². The zero-order chi connectivity index (χ0) is 20.5. The van der Waals surface area contributed by atoms with E-state index in [-0.39, 0.29) is 18.7 Å². The van der Waals surface area contributed by atoms with Crippen LogP contribution in [0.5, 0.6) is 11.5 Å². The fraction of sp³-hybridized carbons (Fsp3) is 0.435. The molecule has 0 bridgehead atoms. The van der Waals surface area contributed by atoms with E-state index in [1.54, 1.807) is 12.0 Å². The van der Waals surface area contributed by atoms with Crippen molar-refractivity contribution in [2.75, 3.05) is 27.1 Å². The molecule has 1 amide bonds. The van der Waals surface area contributed by atoms with Gasteiger partial charge in [-0.2, -0.15) is 0 Å². The first-order valence-electron chi connectivity index (χ1n) is 9.95. The largest absolute Gasteiger partial charge is 0.497 e. The third-order valence-corrected chi connectivity index (χ3v) is 6.03. The van der Waals surface area contributed by atoms with Gasteiger partial charge in [-0.1, -0.05) is 12.1 Å². The maximum absolute atomic E-state index is 13.3. The predicted octanol–water partition coefficient (Wildman–Crippen LogP) is 2.84. The quantitative estimate of drug-likeness (QED) is 0.859. The molecule has 0 radical (unpaired) electrons. The molecule has 1 saturated heterocycles. The molecule has 1 N–H and O–H groups in total. The number of benzene rings is 2. The molecule has 2 heterocycles. The van der Waals surface area contributed by atoms with Gasteiger partial charge in [0.2, 0.25) is 0 Å². The first kappa shape index (κ1) is 19.7. The number of aliphatic hydroxyl groups excluding tert-OH is 1. The molecular weight excluding hydrogens is 370 g/mol. The maximum Gasteiger partial charge on any atom is 0.260 e. The van der Waals surface area contributed by atoms with Gasteiger partial charge in [-0.15, -0.1) is 0 Å². The van der Waals surface area contributed by atoms with Crippen LogP contribution in [0.2, 0.25) is 0 Å². The lowest BCUT2D eigenvalue weighted by molar-refractivity contribution is -0.0697. The number of hydrogen-bond acceptors (Lipinski definition) is 5. The van der Waals surface area contributed by atoms with Gasteiger partial charge < -0.3 is 19.3 Å². The highest BCUT2D eigenvalue weighted by molar-refractivity contribution is 5.99. The molecule has 0 unspecified atom stereocenters. The molecule has 6 heteroatoms. The van der Waals surface area contributed by atoms with Gasteiger partial charge in [-0.25, -0.2) is 0 Å². The van der Waals surface area contributed by atoms with Gasteiger partial charge in [-0.05, 0) is 67.1 Å². The number of aliphatic hydroxyl groups is 1. The summed E-state index contributed by atoms with van der Waals surface area (Å²) >= 11 is 0. The number of fused-ring (bicyclic) bond motifs is 1. The normalized spacial score (nSPS) is 21.5. The van der Waals surface area contributed by atoms with Crippen molar-refractivity contribution in [2.24, 2.45) is 0 Å². The molecule has 0 aromatic heterocycles. The van der Waals surface area contributed by atoms with Crippen molar-refractivity contribution in [2.45, 2.75) is 38.8 Å². The van der Waals surface area contributed by atoms with Crippen LogP contribution in [-0.2, 0) is 11.2 Å². The molecule has 2 aromatic carbocycles. The summed E-state index contributed by atoms with van der Waals surface area (Å²) in [6.45, 7) is 5.03. The minimum Gasteiger partial charge on any atom is -0.497 e. The Morgan fingerprint density at radius 2 is 1.97 bits per heavy atom. The first-order chi connectivity index (χ1) is 14.0. The Morgan fingerprint density at radius 1 is 1.21 bits per heavy atom. The zero-order valence-electron chi connectivity index (χ0n) is 17.1. The number of carbonyl (C=O) groups is 1. The van der Waals surface area contributed by atoms with Crippen molar-refractivity contribution in [3.05, 3.63) is 58.1 Å². The van der Waals surface area contributed by atoms with E-state index < -0.39 is 6.10 Å². The Hall–Kier alpha value is -2.57. The maximum atomic E-state index is 13.3. The molecule has 2 aliphatic heterocycles. The molecule has 1 fully saturated rings. The Balaban J connectivity index is 1.65. The van der Waals surface area contributed by atoms with Crippen molar-refractivity contribution < 1.29 is 24.1 Å². The number of hydrogen-bond donors (Lipinski definition) is 1. The van der Waals surface area contributed by atoms with E-state index in [1.165, 1.54) is 0 Å². The molecule has 0 saturated carbocycles. The van der Waals surface area contributed by atoms with Crippen molar-refractivity contribution in [3.8, 4) is 11.5 Å². The summed E-state index contributed by atoms with van der Waals surface area (Å²) in [7, 11) is 1.65. The van der Waals surface area contributed by atoms with Crippen LogP contribution in [-0.4, -0.2) is 55.1 Å². The number of nitrogens with zero attached hydrogens (tertiary/aromatic N) is 1. The lowest BCUT2D eigenvalue weighted by atomic mass is 9.92. The monoisotopic (exact) mass is 397 g/mol. The molecule has 29 heavy (non-hydrogen) atoms. The Kier molecular flexibility index (Phi) is 5.48. The van der Waals surface area contributed by atoms with E-state index in [9.17, 15) is 9.90 Å². The molecule has 2 atom stereocenters. The number of ether oxygens (including phenoxy) is 3. The molecule has 0 aliphatic carbocycles. The van der Waals surface area contributed by atoms with Crippen molar-refractivity contribution in [1.29, 1.82) is 0 Å². The highest BCUT2D eigenvalue weighted by atomic mass is 16.5. The average Bonchev–Trinajstić information content (AvgIpc) is 2.74. The third-order valence-electron chi connectivity index (χ3n) is 6.03. The van der Waals surface area contributed by atoms with Crippen LogP contribution >= 0.6 is 0 Å². The van der Waals surface area contributed by atoms with Gasteiger partial charge in [-0.3, -0.25) is 9.69 Å². The fourth-order valence-corrected chi connectivity index (χ4v) is 4.06. The summed E-state index contributed by atoms with van der Waals surface area (Å²) in [5.41, 5.74) is 4.90. The summed E-state index contributed by atoms with van der Waals surface area (Å²) in [6.07, 6.45) is 0.645. The molecule has 2 aliphatic rings. The van der Waals surface area contributed by atoms with Gasteiger partial charge in [0.15, 0.2) is 6.73 Å². The smallest absolute Gasteiger partial charge is 0.260 e. The van der Waals surface area contributed by atoms with Crippen LogP contribution in [0.4, 0.5) is 0 Å². The Labute approximate surface area is 171 Å². The van der Waals surface area contributed by atoms with E-state index in [0.717, 1.165) is 28.0 Å². The second kappa shape index (κ2) is 8.05. The second-order valence-corrected chi connectivity index (χ2v) is 7.73. The Bertz CT molecular complexity index is 908. The van der Waals surface area contributed by atoms with Gasteiger partial charge in [0.05, 0.1) is 31.4 Å². The summed E-state index contributed by atoms with van der Waals surface area (Å²) < 4.78 is 16.7. The predicted molar refractivity (Wildman–Crippen MR) is 109 cm³/mol. The lowest BCUT2D eigenvalue weighted by Crippen LogP contribution is -2.55. The minimum atomic E-state index is -0.594. The van der Waals surface area contributed by atoms with E-state index in [1.807, 2.05) is 37.3 Å². The molecule has 154 valence electrons. The molecular formula is C23H27NO5. The van der Waals surface area contributed by atoms with Crippen molar-refractivity contribution in [1.82, 2.24) is 4.90 Å². The van der Waals surface area contributed by atoms with Crippen LogP contribution in [0.1, 0.15) is 39.0 Å². The van der Waals surface area contributed by atoms with Crippen LogP contribution in [0, 0.1) is 13.8 Å². The third kappa shape index (κ3) is 3.70. The summed E-state index contributed by atoms with van der Waals surface area (Å²) in [5.74, 6) is 1.35. The number of amides is 1. The van der Waals surface area contributed by atoms with Crippen LogP contribution in [0.25, 0.3) is 0 Å². The van der Waals surface area contributed by atoms with E-state index in [2.05, 4.69) is 6.92 Å². The Morgan fingerprint density at radius 3 is 2.66 bits per heavy atom. The summed E-state index contributed by atoms with van der Waals surface area (Å²) in [6, 6.07) is 9.51. The fourth-order valence-electron chi connectivity index (χ4n) is 4.06. The first-order valence-corrected chi connectivity index (χ1v) is 9.95. The van der Waals surface area contributed by atoms with Gasteiger partial charge in [0.25, 0.3) is 5.91 Å². The SMILES string of the molecule is COc1ccc(Cc2cc3c(c(C)c2C)OCN([C@H]2COCC[C@@H]2O)C3=O)cc1. The van der Waals surface area contributed by atoms with Crippen molar-refractivity contribution in [3.63, 3.8) is 0 Å². The van der Waals surface area contributed by atoms with Crippen LogP contribution in [0.15, 0.2) is 30.3 Å². The van der Waals surface area contributed by atoms with E-state index in [0.29, 0.717) is 37.4 Å². The number of methoxy groups -OCH3 is 1. The summed E-state index contributed by atoms with van der Waals surface area (Å²) in [5, 5.41) is 10.3. The molecule has 0 spiro atoms. The average molecular weight is 397 g/mol. The van der Waals surface area contributed by atoms with Crippen molar-refractivity contribution >= 4 is 5.91 Å². The summed E-state index contributed by atoms with van der Waals surface area (Å²) in [4.78, 5) is 14.9. The standard InChI is InChI=1S/C23H27NO5/c1-14-15(2)22-19(11-17(14)10-16-4-6-18(27-3)7-5-16)23(26)24(13-29-22)20-12-28-9-8-21(20)25/h4-7,11,20-21,25H,8-10,12-13H2,1-3H3/t20-,21-/m0/s1. The molecule has 6 nitrogen and oxygen atoms in total. The van der Waals surface area contributed by atoms with Crippen LogP contribution < -0.4 is 9.47 Å². The van der Waals surface area contributed by atoms with Crippen LogP contribution in [0.3, 0.4) is 0 Å². The van der Waals surface area contributed by atoms with E-state index in [4.69, 9.17) is 14.2 Å². The zero-order valence-corrected chi connectivity index (χ0v) is 17.1. The lowest BCUT2D eigenvalue weighted by Gasteiger charge is -2.40. The molecule has 2 aromatic rings. The highest BCUT2D eigenvalue weighted by Crippen LogP contribution is 2.35. The highest BCUT2D eigenvalue weighted by Gasteiger charge is 2.37. The van der Waals surface area contributed by atoms with Gasteiger partial charge in [0, 0.05) is 6.61 Å². The molecule has 4 rings (SSSR count). The minimum absolute atomic E-state index is 0.111. The number of rotatable bonds is 4. The van der Waals surface area contributed by atoms with E-state index >= 15 is 0 Å². The van der Waals surface area contributed by atoms with Gasteiger partial charge in [0.1, 0.15) is 11.5 Å².